The van der Waals surface area contributed by atoms with Gasteiger partial charge < -0.3 is 0 Å². The zero-order valence-electron chi connectivity index (χ0n) is 9.67. The number of nitrogens with zero attached hydrogens (tertiary/aromatic N) is 2. The molecule has 0 aromatic carbocycles. The fraction of sp³-hybridized carbons (Fsp3) is 0.909. The molecule has 0 saturated carbocycles. The van der Waals surface area contributed by atoms with Gasteiger partial charge in [-0.1, -0.05) is 13.8 Å². The monoisotopic (exact) mass is 183 g/mol. The highest BCUT2D eigenvalue weighted by Gasteiger charge is 2.26. The summed E-state index contributed by atoms with van der Waals surface area (Å²) in [6, 6.07) is 1.39. The Morgan fingerprint density at radius 2 is 1.62 bits per heavy atom. The van der Waals surface area contributed by atoms with Crippen LogP contribution in [-0.4, -0.2) is 48.6 Å². The van der Waals surface area contributed by atoms with E-state index in [1.54, 1.807) is 0 Å². The van der Waals surface area contributed by atoms with Crippen molar-refractivity contribution in [1.82, 2.24) is 9.80 Å². The van der Waals surface area contributed by atoms with Crippen LogP contribution >= 0.6 is 0 Å². The first kappa shape index (κ1) is 11.0. The van der Waals surface area contributed by atoms with E-state index in [1.165, 1.54) is 25.6 Å². The van der Waals surface area contributed by atoms with Crippen LogP contribution in [0.1, 0.15) is 27.7 Å². The fourth-order valence-corrected chi connectivity index (χ4v) is 2.09. The molecule has 1 heterocycles. The lowest BCUT2D eigenvalue weighted by Gasteiger charge is -2.43. The second-order valence-corrected chi connectivity index (χ2v) is 4.76. The van der Waals surface area contributed by atoms with Crippen molar-refractivity contribution in [2.45, 2.75) is 39.8 Å². The van der Waals surface area contributed by atoms with Gasteiger partial charge in [0.2, 0.25) is 0 Å². The molecule has 0 amide bonds. The molecular formula is C11H23N2. The summed E-state index contributed by atoms with van der Waals surface area (Å²) >= 11 is 0. The Morgan fingerprint density at radius 1 is 1.15 bits per heavy atom. The zero-order chi connectivity index (χ0) is 10.0. The molecule has 0 aliphatic carbocycles. The van der Waals surface area contributed by atoms with Crippen LogP contribution in [0.3, 0.4) is 0 Å². The minimum absolute atomic E-state index is 0.697. The van der Waals surface area contributed by atoms with Gasteiger partial charge >= 0.3 is 0 Å². The maximum atomic E-state index is 2.56. The van der Waals surface area contributed by atoms with Crippen LogP contribution in [0.2, 0.25) is 0 Å². The molecule has 1 aliphatic rings. The number of hydrogen-bond acceptors (Lipinski definition) is 2. The normalized spacial score (nSPS) is 32.8. The summed E-state index contributed by atoms with van der Waals surface area (Å²) in [6.07, 6.45) is 0. The molecule has 1 fully saturated rings. The molecule has 0 N–H and O–H groups in total. The van der Waals surface area contributed by atoms with Crippen LogP contribution in [0.15, 0.2) is 0 Å². The minimum atomic E-state index is 0.697. The topological polar surface area (TPSA) is 6.48 Å². The third-order valence-corrected chi connectivity index (χ3v) is 2.98. The second kappa shape index (κ2) is 4.43. The first-order valence-corrected chi connectivity index (χ1v) is 5.24. The molecule has 0 spiro atoms. The average molecular weight is 183 g/mol. The van der Waals surface area contributed by atoms with Crippen LogP contribution in [0, 0.1) is 5.92 Å². The lowest BCUT2D eigenvalue weighted by molar-refractivity contribution is 0.0630. The number of hydrogen-bond donors (Lipinski definition) is 0. The highest BCUT2D eigenvalue weighted by Crippen LogP contribution is 2.14. The molecule has 2 unspecified atom stereocenters. The molecule has 1 radical (unpaired) electrons. The number of piperazine rings is 1. The van der Waals surface area contributed by atoms with Gasteiger partial charge in [-0.25, -0.2) is 0 Å². The molecule has 13 heavy (non-hydrogen) atoms. The summed E-state index contributed by atoms with van der Waals surface area (Å²) in [7, 11) is 2.23. The Labute approximate surface area is 82.9 Å². The van der Waals surface area contributed by atoms with E-state index in [9.17, 15) is 0 Å². The Balaban J connectivity index is 2.44. The summed E-state index contributed by atoms with van der Waals surface area (Å²) < 4.78 is 0. The van der Waals surface area contributed by atoms with Crippen LogP contribution in [-0.2, 0) is 0 Å². The summed E-state index contributed by atoms with van der Waals surface area (Å²) in [5.41, 5.74) is 0. The van der Waals surface area contributed by atoms with Gasteiger partial charge in [-0.2, -0.15) is 0 Å². The second-order valence-electron chi connectivity index (χ2n) is 4.76. The highest BCUT2D eigenvalue weighted by atomic mass is 15.3. The van der Waals surface area contributed by atoms with Gasteiger partial charge in [0.1, 0.15) is 0 Å². The number of rotatable bonds is 2. The van der Waals surface area contributed by atoms with E-state index in [0.29, 0.717) is 12.1 Å². The first-order chi connectivity index (χ1) is 6.00. The van der Waals surface area contributed by atoms with E-state index in [4.69, 9.17) is 0 Å². The highest BCUT2D eigenvalue weighted by molar-refractivity contribution is 4.89. The molecule has 77 valence electrons. The van der Waals surface area contributed by atoms with Crippen molar-refractivity contribution in [1.29, 1.82) is 0 Å². The maximum Gasteiger partial charge on any atom is 0.0195 e. The average Bonchev–Trinajstić information content (AvgIpc) is 1.98. The molecule has 1 aliphatic heterocycles. The third-order valence-electron chi connectivity index (χ3n) is 2.98. The van der Waals surface area contributed by atoms with Gasteiger partial charge in [0, 0.05) is 31.7 Å². The standard InChI is InChI=1S/C11H23N2/c1-9(2)6-13-7-10(3)12(5)11(4)8-13/h10-11H,6-8H2,1-5H3. The lowest BCUT2D eigenvalue weighted by atomic mass is 10.1. The van der Waals surface area contributed by atoms with Gasteiger partial charge in [0.05, 0.1) is 0 Å². The quantitative estimate of drug-likeness (QED) is 0.642. The van der Waals surface area contributed by atoms with E-state index < -0.39 is 0 Å². The van der Waals surface area contributed by atoms with Gasteiger partial charge in [0.25, 0.3) is 0 Å². The Hall–Kier alpha value is -0.0800. The largest absolute Gasteiger partial charge is 0.300 e. The summed E-state index contributed by atoms with van der Waals surface area (Å²) in [5.74, 6) is 1.52. The van der Waals surface area contributed by atoms with Gasteiger partial charge in [-0.3, -0.25) is 9.80 Å². The van der Waals surface area contributed by atoms with E-state index >= 15 is 0 Å². The van der Waals surface area contributed by atoms with E-state index in [0.717, 1.165) is 0 Å². The van der Waals surface area contributed by atoms with Gasteiger partial charge in [0.15, 0.2) is 0 Å². The van der Waals surface area contributed by atoms with Crippen molar-refractivity contribution < 1.29 is 0 Å². The maximum absolute atomic E-state index is 2.56. The van der Waals surface area contributed by atoms with E-state index in [-0.39, 0.29) is 0 Å². The van der Waals surface area contributed by atoms with Crippen LogP contribution < -0.4 is 0 Å². The molecule has 0 aromatic rings. The Morgan fingerprint density at radius 3 is 2.00 bits per heavy atom. The van der Waals surface area contributed by atoms with Crippen LogP contribution in [0.5, 0.6) is 0 Å². The predicted molar refractivity (Wildman–Crippen MR) is 57.7 cm³/mol. The molecule has 2 heteroatoms. The SMILES string of the molecule is C[C](C)CN1CC(C)N(C)C(C)C1. The molecule has 0 aromatic heterocycles. The fourth-order valence-electron chi connectivity index (χ4n) is 2.09. The van der Waals surface area contributed by atoms with Crippen molar-refractivity contribution in [3.8, 4) is 0 Å². The molecule has 1 rings (SSSR count). The van der Waals surface area contributed by atoms with Crippen molar-refractivity contribution in [3.05, 3.63) is 5.92 Å². The van der Waals surface area contributed by atoms with Crippen molar-refractivity contribution >= 4 is 0 Å². The van der Waals surface area contributed by atoms with E-state index in [2.05, 4.69) is 44.5 Å². The van der Waals surface area contributed by atoms with Gasteiger partial charge in [-0.05, 0) is 26.8 Å². The van der Waals surface area contributed by atoms with Crippen molar-refractivity contribution in [2.75, 3.05) is 26.7 Å². The molecular weight excluding hydrogens is 160 g/mol. The minimum Gasteiger partial charge on any atom is -0.300 e. The predicted octanol–water partition coefficient (Wildman–Crippen LogP) is 1.63. The van der Waals surface area contributed by atoms with Crippen LogP contribution in [0.25, 0.3) is 0 Å². The summed E-state index contributed by atoms with van der Waals surface area (Å²) in [6.45, 7) is 12.7. The van der Waals surface area contributed by atoms with E-state index in [1.807, 2.05) is 0 Å². The Kier molecular flexibility index (Phi) is 3.74. The van der Waals surface area contributed by atoms with Crippen molar-refractivity contribution in [2.24, 2.45) is 0 Å². The van der Waals surface area contributed by atoms with Crippen LogP contribution in [0.4, 0.5) is 0 Å². The first-order valence-electron chi connectivity index (χ1n) is 5.24. The lowest BCUT2D eigenvalue weighted by Crippen LogP contribution is -2.55. The van der Waals surface area contributed by atoms with Crippen molar-refractivity contribution in [3.63, 3.8) is 0 Å². The number of likely N-dealkylation sites (N-methyl/N-ethyl adjacent to an activating group) is 1. The molecule has 0 bridgehead atoms. The smallest absolute Gasteiger partial charge is 0.0195 e. The molecule has 2 atom stereocenters. The van der Waals surface area contributed by atoms with Gasteiger partial charge in [-0.15, -0.1) is 0 Å². The summed E-state index contributed by atoms with van der Waals surface area (Å²) in [4.78, 5) is 5.03. The third kappa shape index (κ3) is 2.96. The summed E-state index contributed by atoms with van der Waals surface area (Å²) in [5, 5.41) is 0. The Bertz CT molecular complexity index is 144. The molecule has 2 nitrogen and oxygen atoms in total. The zero-order valence-corrected chi connectivity index (χ0v) is 9.67. The molecule has 1 saturated heterocycles.